The number of carbonyl (C=O) groups is 2. The van der Waals surface area contributed by atoms with Crippen LogP contribution in [0.15, 0.2) is 63.1 Å². The quantitative estimate of drug-likeness (QED) is 0.388. The van der Waals surface area contributed by atoms with E-state index in [0.29, 0.717) is 11.5 Å². The van der Waals surface area contributed by atoms with Crippen LogP contribution < -0.4 is 4.74 Å². The molecule has 2 aromatic heterocycles. The lowest BCUT2D eigenvalue weighted by atomic mass is 9.98. The minimum Gasteiger partial charge on any atom is -0.507 e. The summed E-state index contributed by atoms with van der Waals surface area (Å²) in [4.78, 5) is 27.0. The van der Waals surface area contributed by atoms with Crippen molar-refractivity contribution >= 4 is 17.4 Å². The monoisotopic (exact) mass is 411 g/mol. The second kappa shape index (κ2) is 7.55. The number of carbonyl (C=O) groups excluding carboxylic acids is 2. The van der Waals surface area contributed by atoms with Crippen LogP contribution in [0, 0.1) is 12.7 Å². The van der Waals surface area contributed by atoms with Gasteiger partial charge in [-0.25, -0.2) is 4.39 Å². The van der Waals surface area contributed by atoms with E-state index in [1.807, 2.05) is 0 Å². The lowest BCUT2D eigenvalue weighted by molar-refractivity contribution is -0.140. The van der Waals surface area contributed by atoms with Crippen molar-refractivity contribution in [3.05, 3.63) is 83.0 Å². The second-order valence-electron chi connectivity index (χ2n) is 6.80. The van der Waals surface area contributed by atoms with E-state index in [1.165, 1.54) is 30.4 Å². The van der Waals surface area contributed by atoms with Crippen molar-refractivity contribution in [2.75, 3.05) is 7.11 Å². The van der Waals surface area contributed by atoms with Gasteiger partial charge < -0.3 is 23.6 Å². The molecule has 0 radical (unpaired) electrons. The lowest BCUT2D eigenvalue weighted by Gasteiger charge is -2.22. The van der Waals surface area contributed by atoms with Gasteiger partial charge in [-0.3, -0.25) is 9.59 Å². The fourth-order valence-electron chi connectivity index (χ4n) is 3.52. The van der Waals surface area contributed by atoms with E-state index in [1.54, 1.807) is 31.2 Å². The molecule has 1 fully saturated rings. The third-order valence-electron chi connectivity index (χ3n) is 4.89. The summed E-state index contributed by atoms with van der Waals surface area (Å²) in [5.41, 5.74) is -0.258. The Hall–Kier alpha value is -3.81. The molecule has 1 unspecified atom stereocenters. The van der Waals surface area contributed by atoms with Gasteiger partial charge in [0.2, 0.25) is 0 Å². The number of Topliss-reactive ketones (excluding diaryl/α,β-unsaturated/α-hetero) is 1. The molecule has 1 atom stereocenters. The molecule has 0 aliphatic carbocycles. The molecule has 1 saturated heterocycles. The number of ether oxygens (including phenoxy) is 1. The number of nitrogens with zero attached hydrogens (tertiary/aromatic N) is 1. The van der Waals surface area contributed by atoms with Gasteiger partial charge in [-0.2, -0.15) is 0 Å². The number of likely N-dealkylation sites (tertiary alicyclic amines) is 1. The first-order valence-corrected chi connectivity index (χ1v) is 9.11. The molecular weight excluding hydrogens is 393 g/mol. The molecule has 1 N–H and O–H groups in total. The maximum absolute atomic E-state index is 13.9. The molecule has 1 aliphatic rings. The number of ketones is 1. The van der Waals surface area contributed by atoms with Gasteiger partial charge in [0, 0.05) is 0 Å². The number of furan rings is 2. The van der Waals surface area contributed by atoms with E-state index in [-0.39, 0.29) is 29.2 Å². The molecule has 8 heteroatoms. The van der Waals surface area contributed by atoms with E-state index in [0.717, 1.165) is 6.07 Å². The number of amides is 1. The van der Waals surface area contributed by atoms with Crippen LogP contribution in [0.4, 0.5) is 4.39 Å². The van der Waals surface area contributed by atoms with E-state index in [4.69, 9.17) is 13.6 Å². The molecule has 1 aromatic carbocycles. The van der Waals surface area contributed by atoms with Gasteiger partial charge in [0.25, 0.3) is 11.7 Å². The number of rotatable bonds is 5. The van der Waals surface area contributed by atoms with Crippen molar-refractivity contribution in [2.24, 2.45) is 0 Å². The first-order valence-electron chi connectivity index (χ1n) is 9.11. The van der Waals surface area contributed by atoms with Gasteiger partial charge in [0.1, 0.15) is 40.6 Å². The van der Waals surface area contributed by atoms with Gasteiger partial charge in [0.15, 0.2) is 0 Å². The Morgan fingerprint density at radius 1 is 1.23 bits per heavy atom. The molecular formula is C22H18FNO6. The highest BCUT2D eigenvalue weighted by molar-refractivity contribution is 6.46. The van der Waals surface area contributed by atoms with Gasteiger partial charge in [0.05, 0.1) is 31.1 Å². The maximum Gasteiger partial charge on any atom is 0.296 e. The number of hydrogen-bond acceptors (Lipinski definition) is 6. The topological polar surface area (TPSA) is 93.1 Å². The predicted molar refractivity (Wildman–Crippen MR) is 103 cm³/mol. The summed E-state index contributed by atoms with van der Waals surface area (Å²) in [7, 11) is 1.35. The molecule has 7 nitrogen and oxygen atoms in total. The fraction of sp³-hybridized carbons (Fsp3) is 0.182. The summed E-state index contributed by atoms with van der Waals surface area (Å²) in [5.74, 6) is -1.47. The summed E-state index contributed by atoms with van der Waals surface area (Å²) in [5, 5.41) is 11.0. The summed E-state index contributed by atoms with van der Waals surface area (Å²) in [6, 6.07) is 9.15. The molecule has 30 heavy (non-hydrogen) atoms. The zero-order chi connectivity index (χ0) is 21.4. The summed E-state index contributed by atoms with van der Waals surface area (Å²) >= 11 is 0. The van der Waals surface area contributed by atoms with Crippen molar-refractivity contribution in [3.63, 3.8) is 0 Å². The molecule has 0 spiro atoms. The number of aryl methyl sites for hydroxylation is 1. The van der Waals surface area contributed by atoms with Crippen LogP contribution in [0.25, 0.3) is 5.76 Å². The minimum absolute atomic E-state index is 0.0148. The van der Waals surface area contributed by atoms with Crippen LogP contribution in [-0.2, 0) is 16.1 Å². The van der Waals surface area contributed by atoms with E-state index in [9.17, 15) is 19.1 Å². The average Bonchev–Trinajstić information content (AvgIpc) is 3.45. The van der Waals surface area contributed by atoms with Crippen molar-refractivity contribution in [1.82, 2.24) is 4.90 Å². The zero-order valence-corrected chi connectivity index (χ0v) is 16.2. The molecule has 4 rings (SSSR count). The van der Waals surface area contributed by atoms with Crippen LogP contribution in [0.2, 0.25) is 0 Å². The lowest BCUT2D eigenvalue weighted by Crippen LogP contribution is -2.28. The SMILES string of the molecule is COc1ccc(F)cc1/C(O)=C1\C(=O)C(=O)N(Cc2ccco2)C1c1ccc(C)o1. The van der Waals surface area contributed by atoms with Crippen LogP contribution >= 0.6 is 0 Å². The molecule has 3 heterocycles. The number of aliphatic hydroxyl groups is 1. The van der Waals surface area contributed by atoms with E-state index >= 15 is 0 Å². The summed E-state index contributed by atoms with van der Waals surface area (Å²) < 4.78 is 30.1. The summed E-state index contributed by atoms with van der Waals surface area (Å²) in [6.07, 6.45) is 1.45. The van der Waals surface area contributed by atoms with Crippen molar-refractivity contribution in [3.8, 4) is 5.75 Å². The predicted octanol–water partition coefficient (Wildman–Crippen LogP) is 3.95. The van der Waals surface area contributed by atoms with Crippen molar-refractivity contribution in [1.29, 1.82) is 0 Å². The molecule has 3 aromatic rings. The molecule has 0 saturated carbocycles. The van der Waals surface area contributed by atoms with Crippen molar-refractivity contribution in [2.45, 2.75) is 19.5 Å². The van der Waals surface area contributed by atoms with Crippen LogP contribution in [0.1, 0.15) is 28.9 Å². The highest BCUT2D eigenvalue weighted by Gasteiger charge is 2.48. The highest BCUT2D eigenvalue weighted by Crippen LogP contribution is 2.42. The molecule has 0 bridgehead atoms. The van der Waals surface area contributed by atoms with Gasteiger partial charge in [-0.1, -0.05) is 0 Å². The van der Waals surface area contributed by atoms with Gasteiger partial charge >= 0.3 is 0 Å². The standard InChI is InChI=1S/C22H18FNO6/c1-12-5-7-17(30-12)19-18(20(25)15-10-13(23)6-8-16(15)28-2)21(26)22(27)24(19)11-14-4-3-9-29-14/h3-10,19,25H,11H2,1-2H3/b20-18+. The first-order chi connectivity index (χ1) is 14.4. The largest absolute Gasteiger partial charge is 0.507 e. The van der Waals surface area contributed by atoms with Crippen LogP contribution in [-0.4, -0.2) is 28.8 Å². The van der Waals surface area contributed by atoms with Crippen LogP contribution in [0.5, 0.6) is 5.75 Å². The zero-order valence-electron chi connectivity index (χ0n) is 16.2. The number of aliphatic hydroxyl groups excluding tert-OH is 1. The number of hydrogen-bond donors (Lipinski definition) is 1. The van der Waals surface area contributed by atoms with E-state index < -0.39 is 29.3 Å². The minimum atomic E-state index is -1.02. The highest BCUT2D eigenvalue weighted by atomic mass is 19.1. The Labute approximate surface area is 171 Å². The second-order valence-corrected chi connectivity index (χ2v) is 6.80. The Morgan fingerprint density at radius 3 is 2.67 bits per heavy atom. The Bertz CT molecular complexity index is 1140. The molecule has 1 aliphatic heterocycles. The third kappa shape index (κ3) is 3.26. The number of halogens is 1. The Morgan fingerprint density at radius 2 is 2.03 bits per heavy atom. The van der Waals surface area contributed by atoms with E-state index in [2.05, 4.69) is 0 Å². The Kier molecular flexibility index (Phi) is 4.91. The normalized spacial score (nSPS) is 18.2. The third-order valence-corrected chi connectivity index (χ3v) is 4.89. The Balaban J connectivity index is 1.90. The van der Waals surface area contributed by atoms with Gasteiger partial charge in [-0.15, -0.1) is 0 Å². The first kappa shape index (κ1) is 19.5. The maximum atomic E-state index is 13.9. The van der Waals surface area contributed by atoms with Gasteiger partial charge in [-0.05, 0) is 49.4 Å². The number of methoxy groups -OCH3 is 1. The number of benzene rings is 1. The molecule has 154 valence electrons. The summed E-state index contributed by atoms with van der Waals surface area (Å²) in [6.45, 7) is 1.71. The average molecular weight is 411 g/mol. The van der Waals surface area contributed by atoms with Crippen LogP contribution in [0.3, 0.4) is 0 Å². The molecule has 1 amide bonds. The fourth-order valence-corrected chi connectivity index (χ4v) is 3.52. The smallest absolute Gasteiger partial charge is 0.296 e. The van der Waals surface area contributed by atoms with Crippen molar-refractivity contribution < 1.29 is 32.7 Å².